The van der Waals surface area contributed by atoms with Crippen molar-refractivity contribution in [3.63, 3.8) is 0 Å². The van der Waals surface area contributed by atoms with Gasteiger partial charge in [0.15, 0.2) is 0 Å². The van der Waals surface area contributed by atoms with Crippen molar-refractivity contribution in [2.75, 3.05) is 13.1 Å². The van der Waals surface area contributed by atoms with E-state index in [1.165, 1.54) is 0 Å². The van der Waals surface area contributed by atoms with Gasteiger partial charge in [-0.3, -0.25) is 9.59 Å². The summed E-state index contributed by atoms with van der Waals surface area (Å²) in [6.45, 7) is 5.09. The Morgan fingerprint density at radius 2 is 2.00 bits per heavy atom. The molecule has 1 atom stereocenters. The van der Waals surface area contributed by atoms with Gasteiger partial charge in [0, 0.05) is 24.7 Å². The molecule has 2 aliphatic rings. The summed E-state index contributed by atoms with van der Waals surface area (Å²) in [5.41, 5.74) is 2.39. The van der Waals surface area contributed by atoms with E-state index in [1.807, 2.05) is 11.0 Å². The zero-order chi connectivity index (χ0) is 18.3. The molecule has 0 radical (unpaired) electrons. The number of nitrogens with one attached hydrogen (secondary N) is 1. The summed E-state index contributed by atoms with van der Waals surface area (Å²) in [7, 11) is 0. The van der Waals surface area contributed by atoms with Gasteiger partial charge in [0.05, 0.1) is 16.6 Å². The normalized spacial score (nSPS) is 18.8. The van der Waals surface area contributed by atoms with Gasteiger partial charge in [-0.05, 0) is 52.0 Å². The number of aromatic nitrogens is 2. The number of pyridine rings is 1. The number of hydrogen-bond donors (Lipinski definition) is 1. The first-order valence-corrected chi connectivity index (χ1v) is 9.41. The molecule has 0 bridgehead atoms. The summed E-state index contributed by atoms with van der Waals surface area (Å²) in [4.78, 5) is 31.9. The Balaban J connectivity index is 1.57. The van der Waals surface area contributed by atoms with E-state index >= 15 is 0 Å². The first-order valence-electron chi connectivity index (χ1n) is 9.41. The van der Waals surface area contributed by atoms with Gasteiger partial charge in [-0.15, -0.1) is 0 Å². The van der Waals surface area contributed by atoms with E-state index in [4.69, 9.17) is 4.52 Å². The molecule has 1 aliphatic carbocycles. The van der Waals surface area contributed by atoms with Crippen LogP contribution in [0.15, 0.2) is 10.6 Å². The Kier molecular flexibility index (Phi) is 4.38. The molecule has 7 heteroatoms. The van der Waals surface area contributed by atoms with Gasteiger partial charge < -0.3 is 14.7 Å². The maximum Gasteiger partial charge on any atom is 0.259 e. The Labute approximate surface area is 152 Å². The summed E-state index contributed by atoms with van der Waals surface area (Å²) < 4.78 is 5.29. The van der Waals surface area contributed by atoms with Crippen molar-refractivity contribution < 1.29 is 14.1 Å². The third-order valence-electron chi connectivity index (χ3n) is 5.26. The molecule has 2 aromatic heterocycles. The molecule has 4 rings (SSSR count). The number of nitrogens with zero attached hydrogens (tertiary/aromatic N) is 3. The second-order valence-corrected chi connectivity index (χ2v) is 7.40. The lowest BCUT2D eigenvalue weighted by atomic mass is 10.1. The highest BCUT2D eigenvalue weighted by Crippen LogP contribution is 2.40. The fourth-order valence-corrected chi connectivity index (χ4v) is 3.61. The third-order valence-corrected chi connectivity index (χ3v) is 5.26. The zero-order valence-corrected chi connectivity index (χ0v) is 15.2. The molecule has 2 amide bonds. The predicted molar refractivity (Wildman–Crippen MR) is 95.9 cm³/mol. The molecule has 1 aliphatic heterocycles. The first kappa shape index (κ1) is 17.0. The van der Waals surface area contributed by atoms with Crippen LogP contribution in [-0.4, -0.2) is 46.0 Å². The van der Waals surface area contributed by atoms with Crippen molar-refractivity contribution in [3.05, 3.63) is 23.0 Å². The minimum atomic E-state index is -0.562. The number of fused-ring (bicyclic) bond motifs is 1. The van der Waals surface area contributed by atoms with Gasteiger partial charge in [-0.25, -0.2) is 4.98 Å². The second-order valence-electron chi connectivity index (χ2n) is 7.40. The van der Waals surface area contributed by atoms with Crippen LogP contribution in [0.1, 0.15) is 66.7 Å². The van der Waals surface area contributed by atoms with Gasteiger partial charge in [0.25, 0.3) is 11.6 Å². The van der Waals surface area contributed by atoms with Crippen molar-refractivity contribution in [1.82, 2.24) is 20.4 Å². The number of amides is 2. The highest BCUT2D eigenvalue weighted by Gasteiger charge is 2.30. The third kappa shape index (κ3) is 3.18. The SMILES string of the molecule is Cc1noc2nc(C3CC3)cc(C(=O)NC(C)C(=O)N3CCCCC3)c12. The number of aryl methyl sites for hydroxylation is 1. The average Bonchev–Trinajstić information content (AvgIpc) is 3.44. The van der Waals surface area contributed by atoms with E-state index in [1.54, 1.807) is 13.8 Å². The van der Waals surface area contributed by atoms with Crippen molar-refractivity contribution in [2.24, 2.45) is 0 Å². The molecule has 0 aromatic carbocycles. The van der Waals surface area contributed by atoms with Gasteiger partial charge in [0.2, 0.25) is 5.91 Å². The molecule has 138 valence electrons. The van der Waals surface area contributed by atoms with E-state index in [0.29, 0.717) is 28.3 Å². The lowest BCUT2D eigenvalue weighted by Gasteiger charge is -2.29. The summed E-state index contributed by atoms with van der Waals surface area (Å²) in [6.07, 6.45) is 5.38. The minimum absolute atomic E-state index is 0.0205. The number of likely N-dealkylation sites (tertiary alicyclic amines) is 1. The van der Waals surface area contributed by atoms with Crippen LogP contribution < -0.4 is 5.32 Å². The van der Waals surface area contributed by atoms with E-state index < -0.39 is 6.04 Å². The van der Waals surface area contributed by atoms with Crippen LogP contribution in [0.3, 0.4) is 0 Å². The molecule has 0 spiro atoms. The Bertz CT molecular complexity index is 850. The van der Waals surface area contributed by atoms with Gasteiger partial charge in [-0.1, -0.05) is 5.16 Å². The van der Waals surface area contributed by atoms with E-state index in [9.17, 15) is 9.59 Å². The van der Waals surface area contributed by atoms with Crippen molar-refractivity contribution >= 4 is 22.9 Å². The molecule has 1 unspecified atom stereocenters. The smallest absolute Gasteiger partial charge is 0.259 e. The van der Waals surface area contributed by atoms with E-state index in [2.05, 4.69) is 15.5 Å². The van der Waals surface area contributed by atoms with Crippen LogP contribution >= 0.6 is 0 Å². The van der Waals surface area contributed by atoms with Crippen molar-refractivity contribution in [1.29, 1.82) is 0 Å². The lowest BCUT2D eigenvalue weighted by Crippen LogP contribution is -2.48. The quantitative estimate of drug-likeness (QED) is 0.909. The summed E-state index contributed by atoms with van der Waals surface area (Å²) in [5.74, 6) is 0.0972. The number of hydrogen-bond acceptors (Lipinski definition) is 5. The number of piperidine rings is 1. The van der Waals surface area contributed by atoms with Crippen molar-refractivity contribution in [3.8, 4) is 0 Å². The van der Waals surface area contributed by atoms with E-state index in [-0.39, 0.29) is 11.8 Å². The molecule has 2 aromatic rings. The Hall–Kier alpha value is -2.44. The fraction of sp³-hybridized carbons (Fsp3) is 0.579. The van der Waals surface area contributed by atoms with Gasteiger partial charge >= 0.3 is 0 Å². The highest BCUT2D eigenvalue weighted by atomic mass is 16.5. The molecule has 7 nitrogen and oxygen atoms in total. The van der Waals surface area contributed by atoms with Gasteiger partial charge in [-0.2, -0.15) is 0 Å². The Morgan fingerprint density at radius 3 is 2.69 bits per heavy atom. The van der Waals surface area contributed by atoms with Crippen LogP contribution in [0.25, 0.3) is 11.1 Å². The molecule has 26 heavy (non-hydrogen) atoms. The second kappa shape index (κ2) is 6.70. The largest absolute Gasteiger partial charge is 0.341 e. The van der Waals surface area contributed by atoms with Crippen LogP contribution in [0.4, 0.5) is 0 Å². The van der Waals surface area contributed by atoms with Crippen molar-refractivity contribution in [2.45, 2.75) is 57.9 Å². The first-order chi connectivity index (χ1) is 12.5. The summed E-state index contributed by atoms with van der Waals surface area (Å²) in [6, 6.07) is 1.27. The standard InChI is InChI=1S/C19H24N4O3/c1-11-16-14(10-15(13-6-7-13)21-18(16)26-22-11)17(24)20-12(2)19(25)23-8-4-3-5-9-23/h10,12-13H,3-9H2,1-2H3,(H,20,24). The van der Waals surface area contributed by atoms with E-state index in [0.717, 1.165) is 50.9 Å². The zero-order valence-electron chi connectivity index (χ0n) is 15.2. The maximum atomic E-state index is 12.9. The summed E-state index contributed by atoms with van der Waals surface area (Å²) in [5, 5.41) is 7.45. The highest BCUT2D eigenvalue weighted by molar-refractivity contribution is 6.07. The Morgan fingerprint density at radius 1 is 1.27 bits per heavy atom. The average molecular weight is 356 g/mol. The topological polar surface area (TPSA) is 88.3 Å². The maximum absolute atomic E-state index is 12.9. The molecule has 3 heterocycles. The predicted octanol–water partition coefficient (Wildman–Crippen LogP) is 2.54. The van der Waals surface area contributed by atoms with Crippen LogP contribution in [0, 0.1) is 6.92 Å². The molecule has 1 saturated heterocycles. The van der Waals surface area contributed by atoms with Crippen LogP contribution in [-0.2, 0) is 4.79 Å². The molecular formula is C19H24N4O3. The van der Waals surface area contributed by atoms with Crippen LogP contribution in [0.5, 0.6) is 0 Å². The number of carbonyl (C=O) groups excluding carboxylic acids is 2. The molecule has 2 fully saturated rings. The number of carbonyl (C=O) groups is 2. The summed E-state index contributed by atoms with van der Waals surface area (Å²) >= 11 is 0. The molecule has 1 N–H and O–H groups in total. The van der Waals surface area contributed by atoms with Crippen LogP contribution in [0.2, 0.25) is 0 Å². The monoisotopic (exact) mass is 356 g/mol. The molecule has 1 saturated carbocycles. The lowest BCUT2D eigenvalue weighted by molar-refractivity contribution is -0.133. The van der Waals surface area contributed by atoms with Gasteiger partial charge in [0.1, 0.15) is 6.04 Å². The fourth-order valence-electron chi connectivity index (χ4n) is 3.61. The minimum Gasteiger partial charge on any atom is -0.341 e. The number of rotatable bonds is 4. The molecular weight excluding hydrogens is 332 g/mol.